The van der Waals surface area contributed by atoms with Crippen LogP contribution in [0.15, 0.2) is 48.7 Å². The molecule has 0 spiro atoms. The van der Waals surface area contributed by atoms with Gasteiger partial charge in [-0.2, -0.15) is 5.10 Å². The predicted molar refractivity (Wildman–Crippen MR) is 104 cm³/mol. The Hall–Kier alpha value is -2.53. The number of fused-ring (bicyclic) bond motifs is 1. The van der Waals surface area contributed by atoms with Crippen LogP contribution in [0.5, 0.6) is 0 Å². The second-order valence-electron chi connectivity index (χ2n) is 6.78. The van der Waals surface area contributed by atoms with Crippen molar-refractivity contribution in [3.8, 4) is 11.3 Å². The van der Waals surface area contributed by atoms with Gasteiger partial charge in [-0.3, -0.25) is 0 Å². The van der Waals surface area contributed by atoms with E-state index in [0.29, 0.717) is 5.95 Å². The summed E-state index contributed by atoms with van der Waals surface area (Å²) >= 11 is 0. The molecule has 26 heavy (non-hydrogen) atoms. The molecule has 0 bridgehead atoms. The molecule has 1 fully saturated rings. The van der Waals surface area contributed by atoms with Crippen LogP contribution in [0.2, 0.25) is 0 Å². The summed E-state index contributed by atoms with van der Waals surface area (Å²) in [5.74, 6) is 0.695. The second-order valence-corrected chi connectivity index (χ2v) is 6.78. The number of hydrogen-bond donors (Lipinski definition) is 0. The van der Waals surface area contributed by atoms with Crippen LogP contribution < -0.4 is 4.90 Å². The number of benzene rings is 2. The minimum Gasteiger partial charge on any atom is -0.376 e. The molecular weight excluding hydrogens is 324 g/mol. The molecule has 0 aliphatic carbocycles. The van der Waals surface area contributed by atoms with Crippen molar-refractivity contribution in [3.05, 3.63) is 48.7 Å². The topological polar surface area (TPSA) is 51.1 Å². The van der Waals surface area contributed by atoms with E-state index < -0.39 is 0 Å². The monoisotopic (exact) mass is 348 g/mol. The van der Waals surface area contributed by atoms with Gasteiger partial charge in [0.15, 0.2) is 0 Å². The van der Waals surface area contributed by atoms with E-state index in [0.717, 1.165) is 50.2 Å². The molecule has 1 atom stereocenters. The largest absolute Gasteiger partial charge is 0.376 e. The van der Waals surface area contributed by atoms with Gasteiger partial charge >= 0.3 is 0 Å². The fourth-order valence-electron chi connectivity index (χ4n) is 3.46. The Balaban J connectivity index is 1.57. The highest BCUT2D eigenvalue weighted by atomic mass is 16.5. The van der Waals surface area contributed by atoms with Gasteiger partial charge in [-0.15, -0.1) is 5.10 Å². The normalized spacial score (nSPS) is 17.6. The van der Waals surface area contributed by atoms with Crippen LogP contribution >= 0.6 is 0 Å². The third-order valence-corrected chi connectivity index (χ3v) is 4.81. The van der Waals surface area contributed by atoms with Gasteiger partial charge in [0.1, 0.15) is 0 Å². The van der Waals surface area contributed by atoms with Crippen molar-refractivity contribution in [1.29, 1.82) is 0 Å². The first-order valence-corrected chi connectivity index (χ1v) is 9.39. The average Bonchev–Trinajstić information content (AvgIpc) is 2.72. The summed E-state index contributed by atoms with van der Waals surface area (Å²) < 4.78 is 5.93. The van der Waals surface area contributed by atoms with Crippen molar-refractivity contribution < 1.29 is 4.74 Å². The molecule has 2 heterocycles. The van der Waals surface area contributed by atoms with Crippen molar-refractivity contribution in [1.82, 2.24) is 15.2 Å². The van der Waals surface area contributed by atoms with Gasteiger partial charge in [-0.1, -0.05) is 43.3 Å². The fourth-order valence-corrected chi connectivity index (χ4v) is 3.46. The standard InChI is InChI=1S/C21H24N4O/c1-2-12-26-19-8-5-11-25(15-19)21-23-20(14-22-24-21)18-10-9-16-6-3-4-7-17(16)13-18/h3-4,6-7,9-10,13-14,19H,2,5,8,11-12,15H2,1H3. The van der Waals surface area contributed by atoms with Gasteiger partial charge in [-0.25, -0.2) is 4.98 Å². The summed E-state index contributed by atoms with van der Waals surface area (Å²) in [4.78, 5) is 6.98. The molecule has 1 unspecified atom stereocenters. The zero-order valence-corrected chi connectivity index (χ0v) is 15.1. The van der Waals surface area contributed by atoms with E-state index in [1.807, 2.05) is 0 Å². The highest BCUT2D eigenvalue weighted by Gasteiger charge is 2.22. The second kappa shape index (κ2) is 7.79. The number of hydrogen-bond acceptors (Lipinski definition) is 5. The molecule has 1 aromatic heterocycles. The van der Waals surface area contributed by atoms with Gasteiger partial charge in [0.2, 0.25) is 5.95 Å². The van der Waals surface area contributed by atoms with E-state index in [-0.39, 0.29) is 6.10 Å². The fraction of sp³-hybridized carbons (Fsp3) is 0.381. The molecule has 0 amide bonds. The Kier molecular flexibility index (Phi) is 5.07. The molecule has 1 aliphatic heterocycles. The Morgan fingerprint density at radius 2 is 2.04 bits per heavy atom. The van der Waals surface area contributed by atoms with Crippen LogP contribution in [0.3, 0.4) is 0 Å². The average molecular weight is 348 g/mol. The lowest BCUT2D eigenvalue weighted by molar-refractivity contribution is 0.0437. The molecule has 0 saturated carbocycles. The summed E-state index contributed by atoms with van der Waals surface area (Å²) in [6.45, 7) is 4.74. The summed E-state index contributed by atoms with van der Waals surface area (Å²) in [6.07, 6.45) is 5.25. The van der Waals surface area contributed by atoms with Crippen molar-refractivity contribution >= 4 is 16.7 Å². The Bertz CT molecular complexity index is 883. The Labute approximate surface area is 154 Å². The van der Waals surface area contributed by atoms with Crippen molar-refractivity contribution in [2.45, 2.75) is 32.3 Å². The number of nitrogens with zero attached hydrogens (tertiary/aromatic N) is 4. The van der Waals surface area contributed by atoms with Gasteiger partial charge in [0.25, 0.3) is 0 Å². The first-order valence-electron chi connectivity index (χ1n) is 9.39. The SMILES string of the molecule is CCCOC1CCCN(c2nncc(-c3ccc4ccccc4c3)n2)C1. The first-order chi connectivity index (χ1) is 12.8. The molecule has 3 aromatic rings. The highest BCUT2D eigenvalue weighted by Crippen LogP contribution is 2.24. The van der Waals surface area contributed by atoms with Crippen LogP contribution in [0.1, 0.15) is 26.2 Å². The molecule has 2 aromatic carbocycles. The minimum absolute atomic E-state index is 0.261. The van der Waals surface area contributed by atoms with Crippen molar-refractivity contribution in [2.24, 2.45) is 0 Å². The molecule has 0 N–H and O–H groups in total. The maximum Gasteiger partial charge on any atom is 0.245 e. The third-order valence-electron chi connectivity index (χ3n) is 4.81. The number of piperidine rings is 1. The van der Waals surface area contributed by atoms with Crippen LogP contribution in [0, 0.1) is 0 Å². The summed E-state index contributed by atoms with van der Waals surface area (Å²) in [5.41, 5.74) is 1.92. The molecule has 134 valence electrons. The molecule has 5 nitrogen and oxygen atoms in total. The van der Waals surface area contributed by atoms with Crippen LogP contribution in [0.25, 0.3) is 22.0 Å². The summed E-state index contributed by atoms with van der Waals surface area (Å²) in [6, 6.07) is 14.7. The minimum atomic E-state index is 0.261. The zero-order chi connectivity index (χ0) is 17.8. The lowest BCUT2D eigenvalue weighted by atomic mass is 10.1. The van der Waals surface area contributed by atoms with Gasteiger partial charge in [0.05, 0.1) is 18.0 Å². The van der Waals surface area contributed by atoms with Crippen LogP contribution in [-0.2, 0) is 4.74 Å². The van der Waals surface area contributed by atoms with Crippen molar-refractivity contribution in [3.63, 3.8) is 0 Å². The van der Waals surface area contributed by atoms with E-state index in [1.165, 1.54) is 10.8 Å². The summed E-state index contributed by atoms with van der Waals surface area (Å²) in [7, 11) is 0. The number of rotatable bonds is 5. The van der Waals surface area contributed by atoms with Gasteiger partial charge < -0.3 is 9.64 Å². The molecule has 1 saturated heterocycles. The summed E-state index contributed by atoms with van der Waals surface area (Å²) in [5, 5.41) is 10.9. The molecule has 4 rings (SSSR count). The number of aromatic nitrogens is 3. The predicted octanol–water partition coefficient (Wildman–Crippen LogP) is 4.09. The maximum absolute atomic E-state index is 5.93. The van der Waals surface area contributed by atoms with Gasteiger partial charge in [0, 0.05) is 25.3 Å². The molecule has 0 radical (unpaired) electrons. The zero-order valence-electron chi connectivity index (χ0n) is 15.1. The smallest absolute Gasteiger partial charge is 0.245 e. The third kappa shape index (κ3) is 3.68. The molecular formula is C21H24N4O. The van der Waals surface area contributed by atoms with E-state index in [2.05, 4.69) is 64.5 Å². The highest BCUT2D eigenvalue weighted by molar-refractivity contribution is 5.86. The quantitative estimate of drug-likeness (QED) is 0.695. The lowest BCUT2D eigenvalue weighted by Gasteiger charge is -2.32. The Morgan fingerprint density at radius 1 is 1.15 bits per heavy atom. The van der Waals surface area contributed by atoms with E-state index in [9.17, 15) is 0 Å². The first kappa shape index (κ1) is 16.9. The van der Waals surface area contributed by atoms with Gasteiger partial charge in [-0.05, 0) is 36.1 Å². The molecule has 1 aliphatic rings. The maximum atomic E-state index is 5.93. The van der Waals surface area contributed by atoms with Crippen LogP contribution in [0.4, 0.5) is 5.95 Å². The molecule has 5 heteroatoms. The van der Waals surface area contributed by atoms with E-state index >= 15 is 0 Å². The number of anilines is 1. The van der Waals surface area contributed by atoms with E-state index in [4.69, 9.17) is 9.72 Å². The van der Waals surface area contributed by atoms with E-state index in [1.54, 1.807) is 6.20 Å². The Morgan fingerprint density at radius 3 is 2.92 bits per heavy atom. The van der Waals surface area contributed by atoms with Crippen molar-refractivity contribution in [2.75, 3.05) is 24.6 Å². The lowest BCUT2D eigenvalue weighted by Crippen LogP contribution is -2.40. The number of ether oxygens (including phenoxy) is 1. The van der Waals surface area contributed by atoms with Crippen LogP contribution in [-0.4, -0.2) is 41.0 Å².